The molecule has 2 rings (SSSR count). The molecule has 110 valence electrons. The van der Waals surface area contributed by atoms with Crippen LogP contribution in [0.25, 0.3) is 0 Å². The fraction of sp³-hybridized carbons (Fsp3) is 0.500. The Morgan fingerprint density at radius 1 is 1.30 bits per heavy atom. The van der Waals surface area contributed by atoms with Crippen molar-refractivity contribution in [2.24, 2.45) is 5.92 Å². The molecule has 1 aliphatic rings. The Hall–Kier alpha value is -1.56. The molecule has 0 radical (unpaired) electrons. The van der Waals surface area contributed by atoms with Crippen LogP contribution in [-0.4, -0.2) is 35.6 Å². The maximum atomic E-state index is 13.6. The molecule has 0 spiro atoms. The first-order valence-electron chi connectivity index (χ1n) is 6.58. The SMILES string of the molecule is O=C(c1ccc(F)c(F)c1F)N1CCCC(CCO)C1. The highest BCUT2D eigenvalue weighted by Crippen LogP contribution is 2.23. The molecule has 0 bridgehead atoms. The first-order chi connectivity index (χ1) is 9.54. The van der Waals surface area contributed by atoms with E-state index in [0.29, 0.717) is 19.5 Å². The summed E-state index contributed by atoms with van der Waals surface area (Å²) in [6.07, 6.45) is 2.22. The van der Waals surface area contributed by atoms with Crippen LogP contribution in [0.4, 0.5) is 13.2 Å². The number of nitrogens with zero attached hydrogens (tertiary/aromatic N) is 1. The molecular weight excluding hydrogens is 271 g/mol. The molecule has 3 nitrogen and oxygen atoms in total. The van der Waals surface area contributed by atoms with Crippen molar-refractivity contribution in [3.05, 3.63) is 35.1 Å². The van der Waals surface area contributed by atoms with Gasteiger partial charge in [-0.25, -0.2) is 13.2 Å². The van der Waals surface area contributed by atoms with Crippen LogP contribution < -0.4 is 0 Å². The highest BCUT2D eigenvalue weighted by atomic mass is 19.2. The standard InChI is InChI=1S/C14H16F3NO2/c15-11-4-3-10(12(16)13(11)17)14(20)18-6-1-2-9(8-18)5-7-19/h3-4,9,19H,1-2,5-8H2. The van der Waals surface area contributed by atoms with E-state index in [0.717, 1.165) is 25.0 Å². The fourth-order valence-electron chi connectivity index (χ4n) is 2.53. The van der Waals surface area contributed by atoms with Gasteiger partial charge in [-0.05, 0) is 37.3 Å². The Morgan fingerprint density at radius 3 is 2.75 bits per heavy atom. The first-order valence-corrected chi connectivity index (χ1v) is 6.58. The lowest BCUT2D eigenvalue weighted by molar-refractivity contribution is 0.0647. The minimum absolute atomic E-state index is 0.0340. The lowest BCUT2D eigenvalue weighted by Gasteiger charge is -2.32. The molecule has 6 heteroatoms. The third-order valence-electron chi connectivity index (χ3n) is 3.61. The quantitative estimate of drug-likeness (QED) is 0.867. The van der Waals surface area contributed by atoms with Crippen molar-refractivity contribution in [2.45, 2.75) is 19.3 Å². The van der Waals surface area contributed by atoms with Crippen LogP contribution in [0, 0.1) is 23.4 Å². The number of piperidine rings is 1. The third kappa shape index (κ3) is 2.95. The van der Waals surface area contributed by atoms with E-state index in [1.165, 1.54) is 4.90 Å². The van der Waals surface area contributed by atoms with E-state index in [4.69, 9.17) is 5.11 Å². The Balaban J connectivity index is 2.17. The molecule has 1 unspecified atom stereocenters. The summed E-state index contributed by atoms with van der Waals surface area (Å²) >= 11 is 0. The van der Waals surface area contributed by atoms with Gasteiger partial charge in [0, 0.05) is 19.7 Å². The van der Waals surface area contributed by atoms with Crippen LogP contribution in [-0.2, 0) is 0 Å². The van der Waals surface area contributed by atoms with Gasteiger partial charge in [-0.3, -0.25) is 4.79 Å². The van der Waals surface area contributed by atoms with Crippen LogP contribution in [0.1, 0.15) is 29.6 Å². The number of carbonyl (C=O) groups is 1. The predicted molar refractivity (Wildman–Crippen MR) is 66.6 cm³/mol. The van der Waals surface area contributed by atoms with E-state index >= 15 is 0 Å². The maximum Gasteiger partial charge on any atom is 0.256 e. The average Bonchev–Trinajstić information content (AvgIpc) is 2.45. The van der Waals surface area contributed by atoms with Gasteiger partial charge >= 0.3 is 0 Å². The van der Waals surface area contributed by atoms with Crippen LogP contribution in [0.15, 0.2) is 12.1 Å². The summed E-state index contributed by atoms with van der Waals surface area (Å²) in [6.45, 7) is 0.892. The highest BCUT2D eigenvalue weighted by molar-refractivity contribution is 5.94. The number of likely N-dealkylation sites (tertiary alicyclic amines) is 1. The largest absolute Gasteiger partial charge is 0.396 e. The van der Waals surface area contributed by atoms with Gasteiger partial charge < -0.3 is 10.0 Å². The van der Waals surface area contributed by atoms with Crippen LogP contribution in [0.2, 0.25) is 0 Å². The maximum absolute atomic E-state index is 13.6. The molecule has 1 aromatic rings. The van der Waals surface area contributed by atoms with Crippen molar-refractivity contribution in [1.82, 2.24) is 4.90 Å². The molecule has 20 heavy (non-hydrogen) atoms. The molecule has 1 saturated heterocycles. The zero-order valence-electron chi connectivity index (χ0n) is 10.9. The summed E-state index contributed by atoms with van der Waals surface area (Å²) in [4.78, 5) is 13.6. The van der Waals surface area contributed by atoms with Crippen molar-refractivity contribution >= 4 is 5.91 Å². The molecule has 1 N–H and O–H groups in total. The van der Waals surface area contributed by atoms with Crippen LogP contribution >= 0.6 is 0 Å². The van der Waals surface area contributed by atoms with Gasteiger partial charge in [0.1, 0.15) is 0 Å². The summed E-state index contributed by atoms with van der Waals surface area (Å²) in [5, 5.41) is 8.92. The summed E-state index contributed by atoms with van der Waals surface area (Å²) in [5.41, 5.74) is -0.450. The van der Waals surface area contributed by atoms with Gasteiger partial charge in [0.05, 0.1) is 5.56 Å². The van der Waals surface area contributed by atoms with E-state index in [9.17, 15) is 18.0 Å². The molecular formula is C14H16F3NO2. The fourth-order valence-corrected chi connectivity index (χ4v) is 2.53. The number of aliphatic hydroxyl groups excluding tert-OH is 1. The van der Waals surface area contributed by atoms with E-state index < -0.39 is 28.9 Å². The number of amides is 1. The normalized spacial score (nSPS) is 19.2. The molecule has 1 amide bonds. The van der Waals surface area contributed by atoms with Crippen molar-refractivity contribution in [2.75, 3.05) is 19.7 Å². The summed E-state index contributed by atoms with van der Waals surface area (Å²) in [5.74, 6) is -4.86. The van der Waals surface area contributed by atoms with Crippen LogP contribution in [0.5, 0.6) is 0 Å². The lowest BCUT2D eigenvalue weighted by atomic mass is 9.94. The number of benzene rings is 1. The predicted octanol–water partition coefficient (Wildman–Crippen LogP) is 2.34. The van der Waals surface area contributed by atoms with Crippen molar-refractivity contribution in [1.29, 1.82) is 0 Å². The molecule has 0 aliphatic carbocycles. The monoisotopic (exact) mass is 287 g/mol. The third-order valence-corrected chi connectivity index (χ3v) is 3.61. The molecule has 1 fully saturated rings. The summed E-state index contributed by atoms with van der Waals surface area (Å²) in [6, 6.07) is 1.71. The number of rotatable bonds is 3. The van der Waals surface area contributed by atoms with Crippen molar-refractivity contribution < 1.29 is 23.1 Å². The Bertz CT molecular complexity index is 505. The second-order valence-corrected chi connectivity index (χ2v) is 4.99. The molecule has 0 saturated carbocycles. The minimum atomic E-state index is -1.63. The second kappa shape index (κ2) is 6.26. The zero-order chi connectivity index (χ0) is 14.7. The first kappa shape index (κ1) is 14.8. The van der Waals surface area contributed by atoms with E-state index in [1.54, 1.807) is 0 Å². The number of hydrogen-bond donors (Lipinski definition) is 1. The highest BCUT2D eigenvalue weighted by Gasteiger charge is 2.27. The van der Waals surface area contributed by atoms with Crippen LogP contribution in [0.3, 0.4) is 0 Å². The van der Waals surface area contributed by atoms with Gasteiger partial charge in [-0.2, -0.15) is 0 Å². The molecule has 1 aliphatic heterocycles. The van der Waals surface area contributed by atoms with Gasteiger partial charge in [0.15, 0.2) is 17.5 Å². The topological polar surface area (TPSA) is 40.5 Å². The van der Waals surface area contributed by atoms with Crippen molar-refractivity contribution in [3.8, 4) is 0 Å². The van der Waals surface area contributed by atoms with Gasteiger partial charge in [-0.15, -0.1) is 0 Å². The number of aliphatic hydroxyl groups is 1. The second-order valence-electron chi connectivity index (χ2n) is 4.99. The molecule has 0 aromatic heterocycles. The van der Waals surface area contributed by atoms with Gasteiger partial charge in [0.25, 0.3) is 5.91 Å². The molecule has 1 atom stereocenters. The van der Waals surface area contributed by atoms with Crippen molar-refractivity contribution in [3.63, 3.8) is 0 Å². The lowest BCUT2D eigenvalue weighted by Crippen LogP contribution is -2.40. The smallest absolute Gasteiger partial charge is 0.256 e. The number of hydrogen-bond acceptors (Lipinski definition) is 2. The Morgan fingerprint density at radius 2 is 2.05 bits per heavy atom. The van der Waals surface area contributed by atoms with E-state index in [2.05, 4.69) is 0 Å². The summed E-state index contributed by atoms with van der Waals surface area (Å²) < 4.78 is 39.6. The summed E-state index contributed by atoms with van der Waals surface area (Å²) in [7, 11) is 0. The number of carbonyl (C=O) groups excluding carboxylic acids is 1. The minimum Gasteiger partial charge on any atom is -0.396 e. The number of halogens is 3. The Labute approximate surface area is 115 Å². The zero-order valence-corrected chi connectivity index (χ0v) is 10.9. The van der Waals surface area contributed by atoms with Gasteiger partial charge in [-0.1, -0.05) is 0 Å². The van der Waals surface area contributed by atoms with E-state index in [1.807, 2.05) is 0 Å². The van der Waals surface area contributed by atoms with E-state index in [-0.39, 0.29) is 12.5 Å². The Kier molecular flexibility index (Phi) is 4.65. The van der Waals surface area contributed by atoms with Gasteiger partial charge in [0.2, 0.25) is 0 Å². The average molecular weight is 287 g/mol. The molecule has 1 heterocycles. The molecule has 1 aromatic carbocycles.